The highest BCUT2D eigenvalue weighted by Gasteiger charge is 2.13. The molecule has 0 fully saturated rings. The Kier molecular flexibility index (Phi) is 3.99. The number of nitrogens with one attached hydrogen (secondary N) is 1. The Morgan fingerprint density at radius 1 is 1.14 bits per heavy atom. The van der Waals surface area contributed by atoms with Crippen molar-refractivity contribution in [2.75, 3.05) is 0 Å². The zero-order chi connectivity index (χ0) is 14.8. The largest absolute Gasteiger partial charge is 0.309 e. The van der Waals surface area contributed by atoms with Gasteiger partial charge in [0.25, 0.3) is 5.56 Å². The molecule has 0 spiro atoms. The molecule has 106 valence electrons. The van der Waals surface area contributed by atoms with Gasteiger partial charge in [0.1, 0.15) is 5.82 Å². The molecule has 0 radical (unpaired) electrons. The lowest BCUT2D eigenvalue weighted by Crippen LogP contribution is -2.12. The molecule has 0 amide bonds. The maximum atomic E-state index is 12.1. The summed E-state index contributed by atoms with van der Waals surface area (Å²) in [7, 11) is 0. The second-order valence-electron chi connectivity index (χ2n) is 4.66. The number of rotatable bonds is 3. The van der Waals surface area contributed by atoms with Crippen LogP contribution in [0.15, 0.2) is 58.2 Å². The fourth-order valence-corrected chi connectivity index (χ4v) is 3.29. The third kappa shape index (κ3) is 2.96. The van der Waals surface area contributed by atoms with Crippen molar-refractivity contribution in [1.82, 2.24) is 9.97 Å². The van der Waals surface area contributed by atoms with E-state index in [1.165, 1.54) is 0 Å². The maximum absolute atomic E-state index is 12.1. The van der Waals surface area contributed by atoms with Gasteiger partial charge in [-0.05, 0) is 31.2 Å². The van der Waals surface area contributed by atoms with Crippen molar-refractivity contribution in [3.8, 4) is 0 Å². The summed E-state index contributed by atoms with van der Waals surface area (Å²) in [4.78, 5) is 20.5. The Morgan fingerprint density at radius 3 is 2.67 bits per heavy atom. The van der Waals surface area contributed by atoms with E-state index in [9.17, 15) is 4.79 Å². The summed E-state index contributed by atoms with van der Waals surface area (Å²) in [5, 5.41) is 1.32. The monoisotopic (exact) mass is 316 g/mol. The number of halogens is 1. The van der Waals surface area contributed by atoms with Gasteiger partial charge in [0, 0.05) is 4.90 Å². The molecule has 3 nitrogen and oxygen atoms in total. The molecule has 3 rings (SSSR count). The lowest BCUT2D eigenvalue weighted by molar-refractivity contribution is 0.923. The third-order valence-electron chi connectivity index (χ3n) is 3.16. The number of fused-ring (bicyclic) bond motifs is 1. The summed E-state index contributed by atoms with van der Waals surface area (Å²) in [5.41, 5.74) is 0.602. The Morgan fingerprint density at radius 2 is 1.86 bits per heavy atom. The van der Waals surface area contributed by atoms with Crippen LogP contribution >= 0.6 is 23.4 Å². The molecule has 1 aromatic heterocycles. The van der Waals surface area contributed by atoms with Gasteiger partial charge in [-0.25, -0.2) is 4.98 Å². The van der Waals surface area contributed by atoms with Crippen LogP contribution < -0.4 is 5.56 Å². The van der Waals surface area contributed by atoms with Crippen molar-refractivity contribution < 1.29 is 0 Å². The number of aromatic nitrogens is 2. The number of hydrogen-bond acceptors (Lipinski definition) is 3. The average Bonchev–Trinajstić information content (AvgIpc) is 2.49. The van der Waals surface area contributed by atoms with Gasteiger partial charge in [-0.15, -0.1) is 11.8 Å². The van der Waals surface area contributed by atoms with E-state index in [1.54, 1.807) is 17.8 Å². The minimum Gasteiger partial charge on any atom is -0.309 e. The summed E-state index contributed by atoms with van der Waals surface area (Å²) >= 11 is 7.74. The van der Waals surface area contributed by atoms with Crippen molar-refractivity contribution in [2.45, 2.75) is 17.1 Å². The summed E-state index contributed by atoms with van der Waals surface area (Å²) in [5.74, 6) is 0.656. The van der Waals surface area contributed by atoms with E-state index in [0.717, 1.165) is 4.90 Å². The standard InChI is InChI=1S/C16H13ClN2OS/c1-10(21-14-9-5-3-7-12(14)17)15-18-13-8-4-2-6-11(13)16(20)19-15/h2-10H,1H3,(H,18,19,20)/t10-/m0/s1. The Labute approximate surface area is 131 Å². The third-order valence-corrected chi connectivity index (χ3v) is 4.79. The molecule has 0 unspecified atom stereocenters. The lowest BCUT2D eigenvalue weighted by atomic mass is 10.2. The lowest BCUT2D eigenvalue weighted by Gasteiger charge is -2.12. The van der Waals surface area contributed by atoms with Crippen molar-refractivity contribution in [3.05, 3.63) is 69.7 Å². The first-order valence-electron chi connectivity index (χ1n) is 6.55. The van der Waals surface area contributed by atoms with Crippen molar-refractivity contribution in [2.24, 2.45) is 0 Å². The van der Waals surface area contributed by atoms with E-state index in [-0.39, 0.29) is 10.8 Å². The van der Waals surface area contributed by atoms with Crippen molar-refractivity contribution in [1.29, 1.82) is 0 Å². The van der Waals surface area contributed by atoms with Crippen LogP contribution in [0, 0.1) is 0 Å². The quantitative estimate of drug-likeness (QED) is 0.727. The van der Waals surface area contributed by atoms with Crippen LogP contribution in [-0.4, -0.2) is 9.97 Å². The van der Waals surface area contributed by atoms with Gasteiger partial charge in [0.15, 0.2) is 0 Å². The number of para-hydroxylation sites is 1. The van der Waals surface area contributed by atoms with Crippen LogP contribution in [0.1, 0.15) is 18.0 Å². The first-order chi connectivity index (χ1) is 10.1. The molecule has 3 aromatic rings. The minimum absolute atomic E-state index is 0.00204. The van der Waals surface area contributed by atoms with Crippen molar-refractivity contribution >= 4 is 34.3 Å². The van der Waals surface area contributed by atoms with Crippen LogP contribution in [0.25, 0.3) is 10.9 Å². The highest BCUT2D eigenvalue weighted by atomic mass is 35.5. The molecule has 1 atom stereocenters. The van der Waals surface area contributed by atoms with Gasteiger partial charge < -0.3 is 4.98 Å². The second kappa shape index (κ2) is 5.92. The number of nitrogens with zero attached hydrogens (tertiary/aromatic N) is 1. The van der Waals surface area contributed by atoms with Crippen LogP contribution in [-0.2, 0) is 0 Å². The van der Waals surface area contributed by atoms with Crippen LogP contribution in [0.2, 0.25) is 5.02 Å². The number of H-pyrrole nitrogens is 1. The molecule has 0 aliphatic rings. The molecule has 0 bridgehead atoms. The first-order valence-corrected chi connectivity index (χ1v) is 7.81. The van der Waals surface area contributed by atoms with E-state index in [4.69, 9.17) is 11.6 Å². The molecule has 0 saturated heterocycles. The topological polar surface area (TPSA) is 45.8 Å². The predicted molar refractivity (Wildman–Crippen MR) is 88.1 cm³/mol. The van der Waals surface area contributed by atoms with Crippen LogP contribution in [0.4, 0.5) is 0 Å². The minimum atomic E-state index is -0.109. The number of benzene rings is 2. The van der Waals surface area contributed by atoms with Gasteiger partial charge in [-0.1, -0.05) is 35.9 Å². The van der Waals surface area contributed by atoms with Gasteiger partial charge >= 0.3 is 0 Å². The van der Waals surface area contributed by atoms with Gasteiger partial charge in [-0.3, -0.25) is 4.79 Å². The fraction of sp³-hybridized carbons (Fsp3) is 0.125. The Hall–Kier alpha value is -1.78. The molecule has 1 N–H and O–H groups in total. The average molecular weight is 317 g/mol. The van der Waals surface area contributed by atoms with Gasteiger partial charge in [0.2, 0.25) is 0 Å². The highest BCUT2D eigenvalue weighted by molar-refractivity contribution is 7.99. The molecule has 2 aromatic carbocycles. The molecule has 0 aliphatic carbocycles. The van der Waals surface area contributed by atoms with E-state index >= 15 is 0 Å². The molecule has 0 saturated carbocycles. The molecular formula is C16H13ClN2OS. The van der Waals surface area contributed by atoms with E-state index in [1.807, 2.05) is 49.4 Å². The maximum Gasteiger partial charge on any atom is 0.258 e. The van der Waals surface area contributed by atoms with Gasteiger partial charge in [0.05, 0.1) is 21.2 Å². The highest BCUT2D eigenvalue weighted by Crippen LogP contribution is 2.36. The number of thioether (sulfide) groups is 1. The molecule has 1 heterocycles. The first kappa shape index (κ1) is 14.2. The summed E-state index contributed by atoms with van der Waals surface area (Å²) in [6.07, 6.45) is 0. The zero-order valence-electron chi connectivity index (χ0n) is 11.3. The van der Waals surface area contributed by atoms with Gasteiger partial charge in [-0.2, -0.15) is 0 Å². The second-order valence-corrected chi connectivity index (χ2v) is 6.45. The van der Waals surface area contributed by atoms with E-state index < -0.39 is 0 Å². The Balaban J connectivity index is 1.97. The summed E-state index contributed by atoms with van der Waals surface area (Å²) < 4.78 is 0. The SMILES string of the molecule is C[C@H](Sc1ccccc1Cl)c1nc2ccccc2c(=O)[nH]1. The predicted octanol–water partition coefficient (Wildman–Crippen LogP) is 4.43. The van der Waals surface area contributed by atoms with Crippen LogP contribution in [0.3, 0.4) is 0 Å². The summed E-state index contributed by atoms with van der Waals surface area (Å²) in [6, 6.07) is 15.0. The van der Waals surface area contributed by atoms with Crippen molar-refractivity contribution in [3.63, 3.8) is 0 Å². The van der Waals surface area contributed by atoms with E-state index in [2.05, 4.69) is 9.97 Å². The number of aromatic amines is 1. The molecule has 21 heavy (non-hydrogen) atoms. The zero-order valence-corrected chi connectivity index (χ0v) is 12.9. The Bertz CT molecular complexity index is 847. The summed E-state index contributed by atoms with van der Waals surface area (Å²) in [6.45, 7) is 2.00. The molecule has 5 heteroatoms. The molecule has 0 aliphatic heterocycles. The smallest absolute Gasteiger partial charge is 0.258 e. The normalized spacial score (nSPS) is 12.5. The van der Waals surface area contributed by atoms with E-state index in [0.29, 0.717) is 21.7 Å². The number of hydrogen-bond donors (Lipinski definition) is 1. The molecular weight excluding hydrogens is 304 g/mol. The fourth-order valence-electron chi connectivity index (χ4n) is 2.08. The van der Waals surface area contributed by atoms with Crippen LogP contribution in [0.5, 0.6) is 0 Å².